The molecular weight excluding hydrogens is 290 g/mol. The third-order valence-electron chi connectivity index (χ3n) is 2.90. The van der Waals surface area contributed by atoms with Gasteiger partial charge in [0.1, 0.15) is 5.75 Å². The van der Waals surface area contributed by atoms with Crippen LogP contribution in [0.25, 0.3) is 0 Å². The van der Waals surface area contributed by atoms with E-state index >= 15 is 0 Å². The molecule has 0 heterocycles. The smallest absolute Gasteiger partial charge is 0.272 e. The first-order chi connectivity index (χ1) is 11.0. The zero-order chi connectivity index (χ0) is 17.8. The number of phenols is 1. The molecule has 0 saturated heterocycles. The van der Waals surface area contributed by atoms with Crippen molar-refractivity contribution in [3.8, 4) is 5.75 Å². The second-order valence-electron chi connectivity index (χ2n) is 4.67. The van der Waals surface area contributed by atoms with Crippen LogP contribution in [0.4, 0.5) is 5.69 Å². The van der Waals surface area contributed by atoms with Crippen molar-refractivity contribution < 1.29 is 10.0 Å². The van der Waals surface area contributed by atoms with E-state index in [0.717, 1.165) is 23.1 Å². The number of allylic oxidation sites excluding steroid dienone is 1. The first-order valence-electron chi connectivity index (χ1n) is 7.55. The lowest BCUT2D eigenvalue weighted by molar-refractivity contribution is -0.385. The summed E-state index contributed by atoms with van der Waals surface area (Å²) in [7, 11) is 0. The predicted molar refractivity (Wildman–Crippen MR) is 95.9 cm³/mol. The number of benzene rings is 2. The Kier molecular flexibility index (Phi) is 9.76. The molecule has 0 unspecified atom stereocenters. The Labute approximate surface area is 138 Å². The van der Waals surface area contributed by atoms with Gasteiger partial charge in [-0.15, -0.1) is 6.58 Å². The molecule has 0 aliphatic heterocycles. The third-order valence-corrected chi connectivity index (χ3v) is 2.90. The van der Waals surface area contributed by atoms with E-state index in [1.807, 2.05) is 39.0 Å². The van der Waals surface area contributed by atoms with E-state index in [4.69, 9.17) is 0 Å². The summed E-state index contributed by atoms with van der Waals surface area (Å²) in [6.07, 6.45) is 2.50. The summed E-state index contributed by atoms with van der Waals surface area (Å²) in [5.41, 5.74) is 2.89. The van der Waals surface area contributed by atoms with Crippen LogP contribution in [0, 0.1) is 24.0 Å². The summed E-state index contributed by atoms with van der Waals surface area (Å²) < 4.78 is 0. The summed E-state index contributed by atoms with van der Waals surface area (Å²) in [4.78, 5) is 9.97. The molecule has 0 amide bonds. The average Bonchev–Trinajstić information content (AvgIpc) is 2.52. The second-order valence-corrected chi connectivity index (χ2v) is 4.67. The molecule has 0 atom stereocenters. The zero-order valence-corrected chi connectivity index (χ0v) is 14.2. The summed E-state index contributed by atoms with van der Waals surface area (Å²) in [6.45, 7) is 11.2. The van der Waals surface area contributed by atoms with Crippen LogP contribution in [0.15, 0.2) is 55.1 Å². The fraction of sp³-hybridized carbons (Fsp3) is 0.263. The summed E-state index contributed by atoms with van der Waals surface area (Å²) in [6, 6.07) is 12.4. The van der Waals surface area contributed by atoms with E-state index in [1.165, 1.54) is 6.07 Å². The Morgan fingerprint density at radius 2 is 1.78 bits per heavy atom. The van der Waals surface area contributed by atoms with Crippen molar-refractivity contribution in [1.82, 2.24) is 0 Å². The minimum absolute atomic E-state index is 0.190. The number of nitrogens with zero attached hydrogens (tertiary/aromatic N) is 1. The number of rotatable bonds is 3. The Morgan fingerprint density at radius 3 is 2.26 bits per heavy atom. The van der Waals surface area contributed by atoms with Crippen molar-refractivity contribution in [1.29, 1.82) is 0 Å². The fourth-order valence-corrected chi connectivity index (χ4v) is 1.85. The summed E-state index contributed by atoms with van der Waals surface area (Å²) in [5.74, 6) is 0.349. The molecule has 23 heavy (non-hydrogen) atoms. The molecule has 2 aromatic carbocycles. The van der Waals surface area contributed by atoms with E-state index in [-0.39, 0.29) is 10.6 Å². The number of aromatic hydroxyl groups is 1. The molecule has 0 aliphatic carbocycles. The molecule has 2 rings (SSSR count). The predicted octanol–water partition coefficient (Wildman–Crippen LogP) is 5.36. The van der Waals surface area contributed by atoms with E-state index in [1.54, 1.807) is 31.2 Å². The SMILES string of the molecule is C=CCc1ccccc1O.CC.Cc1ccc([N+](=O)[O-])c(C)c1. The molecule has 0 aliphatic rings. The molecule has 0 saturated carbocycles. The van der Waals surface area contributed by atoms with Crippen LogP contribution < -0.4 is 0 Å². The summed E-state index contributed by atoms with van der Waals surface area (Å²) >= 11 is 0. The van der Waals surface area contributed by atoms with Gasteiger partial charge in [-0.3, -0.25) is 10.1 Å². The van der Waals surface area contributed by atoms with E-state index in [2.05, 4.69) is 6.58 Å². The van der Waals surface area contributed by atoms with Crippen molar-refractivity contribution in [3.63, 3.8) is 0 Å². The van der Waals surface area contributed by atoms with Gasteiger partial charge in [-0.05, 0) is 38.0 Å². The molecule has 4 heteroatoms. The normalized spacial score (nSPS) is 8.87. The second kappa shape index (κ2) is 11.0. The van der Waals surface area contributed by atoms with Gasteiger partial charge in [-0.1, -0.05) is 49.8 Å². The number of phenolic OH excluding ortho intramolecular Hbond substituents is 1. The number of para-hydroxylation sites is 1. The van der Waals surface area contributed by atoms with Gasteiger partial charge in [0.2, 0.25) is 0 Å². The van der Waals surface area contributed by atoms with Gasteiger partial charge in [-0.25, -0.2) is 0 Å². The number of hydrogen-bond donors (Lipinski definition) is 1. The molecule has 0 fully saturated rings. The quantitative estimate of drug-likeness (QED) is 0.471. The lowest BCUT2D eigenvalue weighted by Crippen LogP contribution is -1.91. The number of nitro groups is 1. The monoisotopic (exact) mass is 315 g/mol. The average molecular weight is 315 g/mol. The lowest BCUT2D eigenvalue weighted by atomic mass is 10.1. The van der Waals surface area contributed by atoms with Crippen molar-refractivity contribution in [2.24, 2.45) is 0 Å². The van der Waals surface area contributed by atoms with Gasteiger partial charge in [0.15, 0.2) is 0 Å². The lowest BCUT2D eigenvalue weighted by Gasteiger charge is -1.97. The fourth-order valence-electron chi connectivity index (χ4n) is 1.85. The highest BCUT2D eigenvalue weighted by molar-refractivity contribution is 5.41. The van der Waals surface area contributed by atoms with Crippen molar-refractivity contribution in [2.75, 3.05) is 0 Å². The summed E-state index contributed by atoms with van der Waals surface area (Å²) in [5, 5.41) is 19.5. The van der Waals surface area contributed by atoms with Gasteiger partial charge < -0.3 is 5.11 Å². The molecule has 4 nitrogen and oxygen atoms in total. The van der Waals surface area contributed by atoms with Crippen molar-refractivity contribution in [3.05, 3.63) is 81.9 Å². The Morgan fingerprint density at radius 1 is 1.17 bits per heavy atom. The van der Waals surface area contributed by atoms with Crippen LogP contribution in [0.1, 0.15) is 30.5 Å². The minimum atomic E-state index is -0.366. The maximum absolute atomic E-state index is 10.3. The minimum Gasteiger partial charge on any atom is -0.508 e. The van der Waals surface area contributed by atoms with Crippen LogP contribution in [0.5, 0.6) is 5.75 Å². The highest BCUT2D eigenvalue weighted by Gasteiger charge is 2.07. The number of hydrogen-bond acceptors (Lipinski definition) is 3. The first kappa shape index (κ1) is 20.4. The first-order valence-corrected chi connectivity index (χ1v) is 7.55. The topological polar surface area (TPSA) is 63.4 Å². The van der Waals surface area contributed by atoms with Gasteiger partial charge >= 0.3 is 0 Å². The third kappa shape index (κ3) is 7.27. The molecule has 124 valence electrons. The largest absolute Gasteiger partial charge is 0.508 e. The Balaban J connectivity index is 0.000000381. The van der Waals surface area contributed by atoms with Gasteiger partial charge in [0.25, 0.3) is 5.69 Å². The van der Waals surface area contributed by atoms with Crippen molar-refractivity contribution >= 4 is 5.69 Å². The van der Waals surface area contributed by atoms with Gasteiger partial charge in [-0.2, -0.15) is 0 Å². The van der Waals surface area contributed by atoms with Crippen LogP contribution in [0.3, 0.4) is 0 Å². The number of nitro benzene ring substituents is 1. The van der Waals surface area contributed by atoms with Crippen molar-refractivity contribution in [2.45, 2.75) is 34.1 Å². The van der Waals surface area contributed by atoms with E-state index < -0.39 is 0 Å². The Bertz CT molecular complexity index is 636. The molecule has 2 aromatic rings. The zero-order valence-electron chi connectivity index (χ0n) is 14.2. The molecule has 0 spiro atoms. The maximum Gasteiger partial charge on any atom is 0.272 e. The molecule has 0 aromatic heterocycles. The molecule has 0 bridgehead atoms. The van der Waals surface area contributed by atoms with E-state index in [0.29, 0.717) is 5.75 Å². The number of aryl methyl sites for hydroxylation is 2. The highest BCUT2D eigenvalue weighted by Crippen LogP contribution is 2.17. The van der Waals surface area contributed by atoms with Crippen LogP contribution in [-0.4, -0.2) is 10.0 Å². The standard InChI is InChI=1S/C9H10O.C8H9NO2.C2H6/c1-2-5-8-6-3-4-7-9(8)10;1-6-3-4-8(9(10)11)7(2)5-6;1-2/h2-4,6-7,10H,1,5H2;3-5H,1-2H3;1-2H3. The maximum atomic E-state index is 10.3. The molecular formula is C19H25NO3. The highest BCUT2D eigenvalue weighted by atomic mass is 16.6. The van der Waals surface area contributed by atoms with E-state index in [9.17, 15) is 15.2 Å². The van der Waals surface area contributed by atoms with Gasteiger partial charge in [0.05, 0.1) is 4.92 Å². The Hall–Kier alpha value is -2.62. The van der Waals surface area contributed by atoms with Crippen LogP contribution in [0.2, 0.25) is 0 Å². The van der Waals surface area contributed by atoms with Crippen LogP contribution >= 0.6 is 0 Å². The molecule has 1 N–H and O–H groups in total. The van der Waals surface area contributed by atoms with Crippen LogP contribution in [-0.2, 0) is 6.42 Å². The molecule has 0 radical (unpaired) electrons. The van der Waals surface area contributed by atoms with Gasteiger partial charge in [0, 0.05) is 11.6 Å².